The van der Waals surface area contributed by atoms with E-state index in [-0.39, 0.29) is 23.4 Å². The van der Waals surface area contributed by atoms with Crippen molar-refractivity contribution in [3.63, 3.8) is 0 Å². The third-order valence-electron chi connectivity index (χ3n) is 2.18. The zero-order valence-electron chi connectivity index (χ0n) is 10.8. The molecule has 0 saturated heterocycles. The summed E-state index contributed by atoms with van der Waals surface area (Å²) in [6, 6.07) is 1.49. The van der Waals surface area contributed by atoms with Crippen molar-refractivity contribution in [2.45, 2.75) is 20.8 Å². The van der Waals surface area contributed by atoms with Crippen LogP contribution in [0.4, 0.5) is 5.82 Å². The Morgan fingerprint density at radius 2 is 2.00 bits per heavy atom. The van der Waals surface area contributed by atoms with Crippen molar-refractivity contribution in [1.82, 2.24) is 4.98 Å². The summed E-state index contributed by atoms with van der Waals surface area (Å²) in [6.45, 7) is 4.67. The number of carbonyl (C=O) groups excluding carboxylic acids is 2. The second-order valence-electron chi connectivity index (χ2n) is 4.20. The number of pyridine rings is 1. The molecular formula is C12H14Cl2N2O3. The van der Waals surface area contributed by atoms with Crippen LogP contribution in [0.2, 0.25) is 10.0 Å². The van der Waals surface area contributed by atoms with E-state index in [1.54, 1.807) is 20.8 Å². The van der Waals surface area contributed by atoms with Crippen molar-refractivity contribution in [1.29, 1.82) is 0 Å². The lowest BCUT2D eigenvalue weighted by Gasteiger charge is -2.09. The minimum Gasteiger partial charge on any atom is -0.455 e. The van der Waals surface area contributed by atoms with Gasteiger partial charge in [-0.05, 0) is 13.0 Å². The smallest absolute Gasteiger partial charge is 0.308 e. The average molecular weight is 305 g/mol. The number of hydrogen-bond acceptors (Lipinski definition) is 4. The zero-order chi connectivity index (χ0) is 14.6. The number of ether oxygens (including phenoxy) is 1. The molecule has 1 amide bonds. The summed E-state index contributed by atoms with van der Waals surface area (Å²) in [6.07, 6.45) is 0. The van der Waals surface area contributed by atoms with Crippen molar-refractivity contribution in [2.24, 2.45) is 5.92 Å². The van der Waals surface area contributed by atoms with Gasteiger partial charge in [-0.25, -0.2) is 4.98 Å². The van der Waals surface area contributed by atoms with Crippen LogP contribution in [-0.4, -0.2) is 23.5 Å². The Balaban J connectivity index is 2.63. The molecule has 7 heteroatoms. The molecule has 1 aromatic rings. The van der Waals surface area contributed by atoms with Crippen molar-refractivity contribution in [3.05, 3.63) is 21.8 Å². The van der Waals surface area contributed by atoms with Gasteiger partial charge in [0.15, 0.2) is 12.4 Å². The Hall–Kier alpha value is -1.33. The van der Waals surface area contributed by atoms with E-state index in [1.165, 1.54) is 6.07 Å². The molecule has 0 aliphatic heterocycles. The summed E-state index contributed by atoms with van der Waals surface area (Å²) in [5.41, 5.74) is 0.542. The minimum atomic E-state index is -0.509. The molecule has 19 heavy (non-hydrogen) atoms. The van der Waals surface area contributed by atoms with Gasteiger partial charge in [0.25, 0.3) is 5.91 Å². The van der Waals surface area contributed by atoms with E-state index in [0.29, 0.717) is 10.7 Å². The summed E-state index contributed by atoms with van der Waals surface area (Å²) >= 11 is 11.7. The van der Waals surface area contributed by atoms with Crippen molar-refractivity contribution in [2.75, 3.05) is 11.9 Å². The fourth-order valence-corrected chi connectivity index (χ4v) is 1.52. The van der Waals surface area contributed by atoms with Gasteiger partial charge in [0, 0.05) is 0 Å². The van der Waals surface area contributed by atoms with Crippen LogP contribution in [0, 0.1) is 12.8 Å². The summed E-state index contributed by atoms with van der Waals surface area (Å²) < 4.78 is 4.78. The molecule has 0 aliphatic carbocycles. The molecule has 1 rings (SSSR count). The Labute approximate surface area is 121 Å². The van der Waals surface area contributed by atoms with Crippen LogP contribution < -0.4 is 5.32 Å². The van der Waals surface area contributed by atoms with Crippen LogP contribution >= 0.6 is 23.2 Å². The Morgan fingerprint density at radius 3 is 2.58 bits per heavy atom. The molecule has 1 N–H and O–H groups in total. The summed E-state index contributed by atoms with van der Waals surface area (Å²) in [5.74, 6) is -1.05. The minimum absolute atomic E-state index is 0.189. The molecule has 0 spiro atoms. The monoisotopic (exact) mass is 304 g/mol. The quantitative estimate of drug-likeness (QED) is 0.869. The maximum atomic E-state index is 11.6. The van der Waals surface area contributed by atoms with Gasteiger partial charge in [-0.1, -0.05) is 37.0 Å². The van der Waals surface area contributed by atoms with E-state index in [2.05, 4.69) is 10.3 Å². The van der Waals surface area contributed by atoms with E-state index >= 15 is 0 Å². The van der Waals surface area contributed by atoms with Crippen molar-refractivity contribution in [3.8, 4) is 0 Å². The van der Waals surface area contributed by atoms with Gasteiger partial charge in [0.05, 0.1) is 21.7 Å². The maximum absolute atomic E-state index is 11.6. The van der Waals surface area contributed by atoms with Gasteiger partial charge in [0.1, 0.15) is 0 Å². The summed E-state index contributed by atoms with van der Waals surface area (Å²) in [5, 5.41) is 3.09. The highest BCUT2D eigenvalue weighted by Gasteiger charge is 2.13. The second-order valence-corrected chi connectivity index (χ2v) is 5.01. The highest BCUT2D eigenvalue weighted by Crippen LogP contribution is 2.25. The van der Waals surface area contributed by atoms with Crippen LogP contribution in [-0.2, 0) is 14.3 Å². The predicted molar refractivity (Wildman–Crippen MR) is 73.4 cm³/mol. The molecule has 1 aromatic heterocycles. The number of nitrogens with zero attached hydrogens (tertiary/aromatic N) is 1. The van der Waals surface area contributed by atoms with E-state index in [1.807, 2.05) is 0 Å². The lowest BCUT2D eigenvalue weighted by atomic mass is 10.2. The van der Waals surface area contributed by atoms with Crippen LogP contribution in [0.3, 0.4) is 0 Å². The second kappa shape index (κ2) is 6.73. The average Bonchev–Trinajstić information content (AvgIpc) is 2.32. The van der Waals surface area contributed by atoms with E-state index < -0.39 is 11.9 Å². The molecule has 0 fully saturated rings. The number of esters is 1. The Morgan fingerprint density at radius 1 is 1.37 bits per heavy atom. The van der Waals surface area contributed by atoms with Gasteiger partial charge in [0.2, 0.25) is 0 Å². The Bertz CT molecular complexity index is 504. The number of amides is 1. The first-order valence-electron chi connectivity index (χ1n) is 5.60. The van der Waals surface area contributed by atoms with Crippen LogP contribution in [0.15, 0.2) is 6.07 Å². The third kappa shape index (κ3) is 4.69. The molecule has 0 aliphatic rings. The van der Waals surface area contributed by atoms with Gasteiger partial charge < -0.3 is 10.1 Å². The predicted octanol–water partition coefficient (Wildman–Crippen LogP) is 2.83. The van der Waals surface area contributed by atoms with Crippen molar-refractivity contribution < 1.29 is 14.3 Å². The summed E-state index contributed by atoms with van der Waals surface area (Å²) in [4.78, 5) is 26.8. The topological polar surface area (TPSA) is 68.3 Å². The maximum Gasteiger partial charge on any atom is 0.308 e. The molecule has 0 atom stereocenters. The number of carbonyl (C=O) groups is 2. The largest absolute Gasteiger partial charge is 0.455 e. The molecule has 0 bridgehead atoms. The zero-order valence-corrected chi connectivity index (χ0v) is 12.3. The first-order chi connectivity index (χ1) is 8.81. The first-order valence-corrected chi connectivity index (χ1v) is 6.36. The normalized spacial score (nSPS) is 10.4. The number of anilines is 1. The van der Waals surface area contributed by atoms with Gasteiger partial charge >= 0.3 is 5.97 Å². The van der Waals surface area contributed by atoms with Gasteiger partial charge in [-0.2, -0.15) is 0 Å². The van der Waals surface area contributed by atoms with Crippen LogP contribution in [0.5, 0.6) is 0 Å². The van der Waals surface area contributed by atoms with Gasteiger partial charge in [-0.3, -0.25) is 9.59 Å². The third-order valence-corrected chi connectivity index (χ3v) is 2.85. The first kappa shape index (κ1) is 15.7. The van der Waals surface area contributed by atoms with Gasteiger partial charge in [-0.15, -0.1) is 0 Å². The van der Waals surface area contributed by atoms with E-state index in [0.717, 1.165) is 0 Å². The van der Waals surface area contributed by atoms with Crippen molar-refractivity contribution >= 4 is 40.9 Å². The number of hydrogen-bond donors (Lipinski definition) is 1. The Kier molecular flexibility index (Phi) is 5.57. The van der Waals surface area contributed by atoms with Crippen LogP contribution in [0.25, 0.3) is 0 Å². The number of rotatable bonds is 4. The molecule has 5 nitrogen and oxygen atoms in total. The fraction of sp³-hybridized carbons (Fsp3) is 0.417. The molecule has 0 aromatic carbocycles. The molecule has 0 unspecified atom stereocenters. The molecule has 0 radical (unpaired) electrons. The number of aryl methyl sites for hydroxylation is 1. The fourth-order valence-electron chi connectivity index (χ4n) is 1.12. The number of halogens is 2. The highest BCUT2D eigenvalue weighted by molar-refractivity contribution is 6.36. The summed E-state index contributed by atoms with van der Waals surface area (Å²) in [7, 11) is 0. The van der Waals surface area contributed by atoms with Crippen LogP contribution in [0.1, 0.15) is 19.5 Å². The molecule has 104 valence electrons. The highest BCUT2D eigenvalue weighted by atomic mass is 35.5. The number of nitrogens with one attached hydrogen (secondary N) is 1. The van der Waals surface area contributed by atoms with E-state index in [4.69, 9.17) is 27.9 Å². The lowest BCUT2D eigenvalue weighted by Crippen LogP contribution is -2.23. The number of aromatic nitrogens is 1. The molecule has 1 heterocycles. The molecular weight excluding hydrogens is 291 g/mol. The standard InChI is InChI=1S/C12H14Cl2N2O3/c1-6(2)12(18)19-5-10(17)16-11-9(14)4-8(13)7(3)15-11/h4,6H,5H2,1-3H3,(H,15,16,17). The lowest BCUT2D eigenvalue weighted by molar-refractivity contribution is -0.150. The molecule has 0 saturated carbocycles. The van der Waals surface area contributed by atoms with E-state index in [9.17, 15) is 9.59 Å². The SMILES string of the molecule is Cc1nc(NC(=O)COC(=O)C(C)C)c(Cl)cc1Cl.